The summed E-state index contributed by atoms with van der Waals surface area (Å²) in [5.74, 6) is 0.606. The molecule has 3 nitrogen and oxygen atoms in total. The van der Waals surface area contributed by atoms with Crippen LogP contribution in [0.1, 0.15) is 26.2 Å². The summed E-state index contributed by atoms with van der Waals surface area (Å²) in [5.41, 5.74) is 5.68. The van der Waals surface area contributed by atoms with Crippen molar-refractivity contribution >= 4 is 41.7 Å². The van der Waals surface area contributed by atoms with Gasteiger partial charge in [0.2, 0.25) is 0 Å². The van der Waals surface area contributed by atoms with Crippen molar-refractivity contribution in [2.24, 2.45) is 10.7 Å². The first-order chi connectivity index (χ1) is 6.26. The fourth-order valence-electron chi connectivity index (χ4n) is 1.71. The number of nitrogens with one attached hydrogen (secondary N) is 1. The Morgan fingerprint density at radius 2 is 2.29 bits per heavy atom. The minimum atomic E-state index is 0. The van der Waals surface area contributed by atoms with Crippen LogP contribution in [0.15, 0.2) is 4.99 Å². The van der Waals surface area contributed by atoms with Crippen LogP contribution in [0.2, 0.25) is 0 Å². The number of nitrogens with zero attached hydrogens (tertiary/aromatic N) is 1. The average molecular weight is 329 g/mol. The van der Waals surface area contributed by atoms with Crippen molar-refractivity contribution in [3.63, 3.8) is 0 Å². The predicted octanol–water partition coefficient (Wildman–Crippen LogP) is 1.81. The smallest absolute Gasteiger partial charge is 0.188 e. The van der Waals surface area contributed by atoms with Crippen LogP contribution in [-0.4, -0.2) is 30.1 Å². The molecule has 3 N–H and O–H groups in total. The van der Waals surface area contributed by atoms with Gasteiger partial charge in [0.15, 0.2) is 5.96 Å². The van der Waals surface area contributed by atoms with Crippen LogP contribution in [-0.2, 0) is 0 Å². The predicted molar refractivity (Wildman–Crippen MR) is 75.7 cm³/mol. The van der Waals surface area contributed by atoms with E-state index in [-0.39, 0.29) is 24.0 Å². The van der Waals surface area contributed by atoms with Gasteiger partial charge in [-0.05, 0) is 32.4 Å². The van der Waals surface area contributed by atoms with Crippen molar-refractivity contribution in [3.05, 3.63) is 0 Å². The van der Waals surface area contributed by atoms with E-state index in [4.69, 9.17) is 5.73 Å². The Bertz CT molecular complexity index is 187. The van der Waals surface area contributed by atoms with Crippen molar-refractivity contribution in [2.75, 3.05) is 12.8 Å². The van der Waals surface area contributed by atoms with Gasteiger partial charge in [0.05, 0.1) is 0 Å². The molecule has 0 aliphatic heterocycles. The molecule has 1 aliphatic carbocycles. The number of aliphatic imine (C=N–C) groups is 1. The third-order valence-corrected chi connectivity index (χ3v) is 3.49. The molecular formula is C9H20IN3S. The molecule has 0 heterocycles. The first-order valence-corrected chi connectivity index (χ1v) is 6.14. The quantitative estimate of drug-likeness (QED) is 0.472. The summed E-state index contributed by atoms with van der Waals surface area (Å²) in [5, 5.41) is 4.07. The standard InChI is InChI=1S/C9H19N3S.HI/c1-3-11-9(10)12-7-4-5-8(6-7)13-2;/h7-8H,3-6H2,1-2H3,(H3,10,11,12);1H. The molecule has 84 valence electrons. The Labute approximate surface area is 108 Å². The number of halogens is 1. The zero-order chi connectivity index (χ0) is 9.68. The number of rotatable bonds is 3. The lowest BCUT2D eigenvalue weighted by Crippen LogP contribution is -2.38. The molecule has 1 aliphatic rings. The van der Waals surface area contributed by atoms with Gasteiger partial charge in [0.1, 0.15) is 0 Å². The lowest BCUT2D eigenvalue weighted by Gasteiger charge is -2.12. The number of nitrogens with two attached hydrogens (primary N) is 1. The molecule has 0 spiro atoms. The summed E-state index contributed by atoms with van der Waals surface area (Å²) in [6.07, 6.45) is 5.93. The molecule has 5 heteroatoms. The van der Waals surface area contributed by atoms with Gasteiger partial charge in [0.25, 0.3) is 0 Å². The van der Waals surface area contributed by atoms with E-state index in [0.29, 0.717) is 12.0 Å². The molecule has 0 amide bonds. The summed E-state index contributed by atoms with van der Waals surface area (Å²) in [4.78, 5) is 4.12. The monoisotopic (exact) mass is 329 g/mol. The molecule has 2 unspecified atom stereocenters. The highest BCUT2D eigenvalue weighted by Gasteiger charge is 2.23. The number of guanidine groups is 1. The van der Waals surface area contributed by atoms with Gasteiger partial charge in [0, 0.05) is 17.8 Å². The third-order valence-electron chi connectivity index (χ3n) is 2.40. The SMILES string of the molecule is CCN=C(N)NC1CCC(SC)C1.I. The van der Waals surface area contributed by atoms with Crippen molar-refractivity contribution in [1.82, 2.24) is 5.32 Å². The Morgan fingerprint density at radius 1 is 1.57 bits per heavy atom. The van der Waals surface area contributed by atoms with Gasteiger partial charge in [-0.2, -0.15) is 11.8 Å². The van der Waals surface area contributed by atoms with E-state index in [2.05, 4.69) is 16.6 Å². The van der Waals surface area contributed by atoms with Crippen molar-refractivity contribution in [1.29, 1.82) is 0 Å². The fourth-order valence-corrected chi connectivity index (χ4v) is 2.51. The van der Waals surface area contributed by atoms with E-state index in [9.17, 15) is 0 Å². The van der Waals surface area contributed by atoms with E-state index < -0.39 is 0 Å². The summed E-state index contributed by atoms with van der Waals surface area (Å²) >= 11 is 1.96. The van der Waals surface area contributed by atoms with Crippen LogP contribution < -0.4 is 11.1 Å². The van der Waals surface area contributed by atoms with E-state index >= 15 is 0 Å². The van der Waals surface area contributed by atoms with E-state index in [0.717, 1.165) is 11.8 Å². The molecular weight excluding hydrogens is 309 g/mol. The van der Waals surface area contributed by atoms with Crippen LogP contribution in [0.3, 0.4) is 0 Å². The molecule has 1 saturated carbocycles. The highest BCUT2D eigenvalue weighted by atomic mass is 127. The van der Waals surface area contributed by atoms with Crippen molar-refractivity contribution in [3.8, 4) is 0 Å². The molecule has 14 heavy (non-hydrogen) atoms. The van der Waals surface area contributed by atoms with Gasteiger partial charge >= 0.3 is 0 Å². The molecule has 0 aromatic heterocycles. The second-order valence-corrected chi connectivity index (χ2v) is 4.51. The van der Waals surface area contributed by atoms with Crippen LogP contribution in [0, 0.1) is 0 Å². The molecule has 0 radical (unpaired) electrons. The molecule has 1 rings (SSSR count). The summed E-state index contributed by atoms with van der Waals surface area (Å²) in [7, 11) is 0. The molecule has 0 aromatic carbocycles. The second-order valence-electron chi connectivity index (χ2n) is 3.37. The van der Waals surface area contributed by atoms with E-state index in [1.165, 1.54) is 19.3 Å². The molecule has 2 atom stereocenters. The zero-order valence-corrected chi connectivity index (χ0v) is 12.0. The Balaban J connectivity index is 0.00000169. The largest absolute Gasteiger partial charge is 0.370 e. The minimum absolute atomic E-state index is 0. The molecule has 0 bridgehead atoms. The van der Waals surface area contributed by atoms with Gasteiger partial charge in [-0.1, -0.05) is 0 Å². The van der Waals surface area contributed by atoms with Crippen molar-refractivity contribution in [2.45, 2.75) is 37.5 Å². The first-order valence-electron chi connectivity index (χ1n) is 4.85. The highest BCUT2D eigenvalue weighted by Crippen LogP contribution is 2.27. The first kappa shape index (κ1) is 14.3. The van der Waals surface area contributed by atoms with Crippen LogP contribution in [0.25, 0.3) is 0 Å². The summed E-state index contributed by atoms with van der Waals surface area (Å²) in [6.45, 7) is 2.76. The molecule has 1 fully saturated rings. The molecule has 0 aromatic rings. The van der Waals surface area contributed by atoms with Crippen molar-refractivity contribution < 1.29 is 0 Å². The lowest BCUT2D eigenvalue weighted by atomic mass is 10.2. The topological polar surface area (TPSA) is 50.4 Å². The van der Waals surface area contributed by atoms with Gasteiger partial charge < -0.3 is 11.1 Å². The lowest BCUT2D eigenvalue weighted by molar-refractivity contribution is 0.627. The number of hydrogen-bond acceptors (Lipinski definition) is 2. The maximum absolute atomic E-state index is 5.68. The van der Waals surface area contributed by atoms with Gasteiger partial charge in [-0.25, -0.2) is 0 Å². The minimum Gasteiger partial charge on any atom is -0.370 e. The number of hydrogen-bond donors (Lipinski definition) is 2. The fraction of sp³-hybridized carbons (Fsp3) is 0.889. The van der Waals surface area contributed by atoms with Crippen LogP contribution >= 0.6 is 35.7 Å². The third kappa shape index (κ3) is 4.72. The molecule has 0 saturated heterocycles. The highest BCUT2D eigenvalue weighted by molar-refractivity contribution is 14.0. The second kappa shape index (κ2) is 7.62. The normalized spacial score (nSPS) is 27.1. The van der Waals surface area contributed by atoms with E-state index in [1.54, 1.807) is 0 Å². The van der Waals surface area contributed by atoms with Crippen LogP contribution in [0.5, 0.6) is 0 Å². The Morgan fingerprint density at radius 3 is 2.79 bits per heavy atom. The Kier molecular flexibility index (Phi) is 7.81. The van der Waals surface area contributed by atoms with Crippen LogP contribution in [0.4, 0.5) is 0 Å². The van der Waals surface area contributed by atoms with E-state index in [1.807, 2.05) is 18.7 Å². The average Bonchev–Trinajstić information content (AvgIpc) is 2.52. The van der Waals surface area contributed by atoms with Gasteiger partial charge in [-0.15, -0.1) is 24.0 Å². The maximum atomic E-state index is 5.68. The summed E-state index contributed by atoms with van der Waals surface area (Å²) < 4.78 is 0. The Hall–Kier alpha value is 0.350. The summed E-state index contributed by atoms with van der Waals surface area (Å²) in [6, 6.07) is 0.549. The van der Waals surface area contributed by atoms with Gasteiger partial charge in [-0.3, -0.25) is 4.99 Å². The number of thioether (sulfide) groups is 1. The zero-order valence-electron chi connectivity index (χ0n) is 8.82. The maximum Gasteiger partial charge on any atom is 0.188 e.